The highest BCUT2D eigenvalue weighted by Crippen LogP contribution is 2.28. The molecule has 0 atom stereocenters. The minimum atomic E-state index is 0.0829. The van der Waals surface area contributed by atoms with Gasteiger partial charge in [0.25, 0.3) is 0 Å². The zero-order valence-electron chi connectivity index (χ0n) is 16.7. The lowest BCUT2D eigenvalue weighted by atomic mass is 9.90. The molecule has 0 spiro atoms. The summed E-state index contributed by atoms with van der Waals surface area (Å²) < 4.78 is 12.6. The third-order valence-electron chi connectivity index (χ3n) is 5.45. The minimum absolute atomic E-state index is 0.0829. The second-order valence-electron chi connectivity index (χ2n) is 7.28. The maximum absolute atomic E-state index is 12.7. The molecule has 0 N–H and O–H groups in total. The molecule has 0 radical (unpaired) electrons. The van der Waals surface area contributed by atoms with E-state index in [0.29, 0.717) is 0 Å². The van der Waals surface area contributed by atoms with Gasteiger partial charge in [0.15, 0.2) is 17.3 Å². The number of ketones is 1. The summed E-state index contributed by atoms with van der Waals surface area (Å²) in [5, 5.41) is 0. The van der Waals surface area contributed by atoms with Crippen molar-refractivity contribution in [2.24, 2.45) is 5.92 Å². The van der Waals surface area contributed by atoms with Gasteiger partial charge in [-0.15, -0.1) is 0 Å². The van der Waals surface area contributed by atoms with Crippen molar-refractivity contribution in [3.8, 4) is 17.2 Å². The van der Waals surface area contributed by atoms with Gasteiger partial charge in [0.05, 0.1) is 20.5 Å². The fourth-order valence-corrected chi connectivity index (χ4v) is 3.69. The first kappa shape index (κ1) is 19.2. The lowest BCUT2D eigenvalue weighted by Crippen LogP contribution is -2.50. The molecule has 4 rings (SSSR count). The van der Waals surface area contributed by atoms with Crippen LogP contribution in [0.4, 0.5) is 0 Å². The molecular formula is C23H25N3O3. The van der Waals surface area contributed by atoms with Gasteiger partial charge in [-0.1, -0.05) is 6.07 Å². The number of Topliss-reactive ketones (excluding diaryl/α,β-unsaturated/α-hetero) is 1. The van der Waals surface area contributed by atoms with E-state index in [9.17, 15) is 4.79 Å². The summed E-state index contributed by atoms with van der Waals surface area (Å²) in [6.45, 7) is 2.56. The van der Waals surface area contributed by atoms with Crippen LogP contribution in [-0.2, 0) is 6.42 Å². The molecule has 0 bridgehead atoms. The van der Waals surface area contributed by atoms with Crippen molar-refractivity contribution in [3.63, 3.8) is 0 Å². The van der Waals surface area contributed by atoms with Gasteiger partial charge >= 0.3 is 0 Å². The summed E-state index contributed by atoms with van der Waals surface area (Å²) in [4.78, 5) is 19.1. The van der Waals surface area contributed by atoms with Crippen LogP contribution in [0.2, 0.25) is 0 Å². The lowest BCUT2D eigenvalue weighted by molar-refractivity contribution is 0.0628. The molecule has 6 heteroatoms. The van der Waals surface area contributed by atoms with Crippen LogP contribution < -0.4 is 9.47 Å². The van der Waals surface area contributed by atoms with E-state index in [0.717, 1.165) is 48.8 Å². The maximum Gasteiger partial charge on any atom is 0.168 e. The Morgan fingerprint density at radius 3 is 2.48 bits per heavy atom. The Morgan fingerprint density at radius 1 is 1.07 bits per heavy atom. The molecule has 150 valence electrons. The molecule has 1 fully saturated rings. The van der Waals surface area contributed by atoms with E-state index >= 15 is 0 Å². The topological polar surface area (TPSA) is 56.6 Å². The standard InChI is InChI=1S/C23H25N3O3/c1-28-21-8-3-17(13-22(21)29-2)9-11-25-14-19(15-25)23(27)18-4-6-20(7-5-18)26-12-10-24-16-26/h3-8,10,12-13,16,19H,9,11,14-15H2,1-2H3. The molecule has 0 aliphatic carbocycles. The van der Waals surface area contributed by atoms with Gasteiger partial charge in [0.1, 0.15) is 0 Å². The van der Waals surface area contributed by atoms with E-state index in [1.165, 1.54) is 5.56 Å². The number of hydrogen-bond donors (Lipinski definition) is 0. The van der Waals surface area contributed by atoms with Crippen LogP contribution in [0.3, 0.4) is 0 Å². The van der Waals surface area contributed by atoms with Crippen LogP contribution in [0.15, 0.2) is 61.2 Å². The number of hydrogen-bond acceptors (Lipinski definition) is 5. The van der Waals surface area contributed by atoms with Crippen molar-refractivity contribution in [2.75, 3.05) is 33.9 Å². The van der Waals surface area contributed by atoms with E-state index in [4.69, 9.17) is 9.47 Å². The van der Waals surface area contributed by atoms with Gasteiger partial charge < -0.3 is 18.9 Å². The van der Waals surface area contributed by atoms with Crippen molar-refractivity contribution in [3.05, 3.63) is 72.3 Å². The van der Waals surface area contributed by atoms with Gasteiger partial charge in [0.2, 0.25) is 0 Å². The molecule has 1 aliphatic heterocycles. The molecule has 2 heterocycles. The fraction of sp³-hybridized carbons (Fsp3) is 0.304. The van der Waals surface area contributed by atoms with E-state index in [2.05, 4.69) is 16.0 Å². The highest BCUT2D eigenvalue weighted by Gasteiger charge is 2.32. The summed E-state index contributed by atoms with van der Waals surface area (Å²) in [6.07, 6.45) is 6.29. The Morgan fingerprint density at radius 2 is 1.83 bits per heavy atom. The van der Waals surface area contributed by atoms with Gasteiger partial charge in [-0.3, -0.25) is 4.79 Å². The van der Waals surface area contributed by atoms with Crippen molar-refractivity contribution in [1.29, 1.82) is 0 Å². The summed E-state index contributed by atoms with van der Waals surface area (Å²) in [5.41, 5.74) is 2.98. The minimum Gasteiger partial charge on any atom is -0.493 e. The largest absolute Gasteiger partial charge is 0.493 e. The number of carbonyl (C=O) groups excluding carboxylic acids is 1. The Bertz CT molecular complexity index is 962. The SMILES string of the molecule is COc1ccc(CCN2CC(C(=O)c3ccc(-n4ccnc4)cc3)C2)cc1OC. The smallest absolute Gasteiger partial charge is 0.168 e. The first-order valence-electron chi connectivity index (χ1n) is 9.74. The fourth-order valence-electron chi connectivity index (χ4n) is 3.69. The van der Waals surface area contributed by atoms with Crippen LogP contribution >= 0.6 is 0 Å². The summed E-state index contributed by atoms with van der Waals surface area (Å²) >= 11 is 0. The zero-order valence-corrected chi connectivity index (χ0v) is 16.7. The van der Waals surface area contributed by atoms with Crippen LogP contribution in [0.1, 0.15) is 15.9 Å². The molecule has 1 aliphatic rings. The molecule has 3 aromatic rings. The number of aromatic nitrogens is 2. The zero-order chi connectivity index (χ0) is 20.2. The average Bonchev–Trinajstić information content (AvgIpc) is 3.27. The van der Waals surface area contributed by atoms with Crippen molar-refractivity contribution in [2.45, 2.75) is 6.42 Å². The normalized spacial score (nSPS) is 14.4. The predicted molar refractivity (Wildman–Crippen MR) is 111 cm³/mol. The Kier molecular flexibility index (Phi) is 5.62. The molecule has 1 aromatic heterocycles. The number of nitrogens with zero attached hydrogens (tertiary/aromatic N) is 3. The third kappa shape index (κ3) is 4.17. The molecule has 0 saturated carbocycles. The van der Waals surface area contributed by atoms with Gasteiger partial charge in [0, 0.05) is 49.2 Å². The van der Waals surface area contributed by atoms with Crippen LogP contribution in [0, 0.1) is 5.92 Å². The summed E-state index contributed by atoms with van der Waals surface area (Å²) in [7, 11) is 3.29. The highest BCUT2D eigenvalue weighted by atomic mass is 16.5. The van der Waals surface area contributed by atoms with E-state index < -0.39 is 0 Å². The lowest BCUT2D eigenvalue weighted by Gasteiger charge is -2.38. The number of methoxy groups -OCH3 is 2. The first-order valence-corrected chi connectivity index (χ1v) is 9.74. The van der Waals surface area contributed by atoms with Crippen LogP contribution in [-0.4, -0.2) is 54.1 Å². The molecule has 6 nitrogen and oxygen atoms in total. The van der Waals surface area contributed by atoms with Crippen molar-refractivity contribution in [1.82, 2.24) is 14.5 Å². The molecule has 29 heavy (non-hydrogen) atoms. The highest BCUT2D eigenvalue weighted by molar-refractivity contribution is 5.98. The number of ether oxygens (including phenoxy) is 2. The maximum atomic E-state index is 12.7. The van der Waals surface area contributed by atoms with E-state index in [1.807, 2.05) is 47.2 Å². The Hall–Kier alpha value is -3.12. The summed E-state index contributed by atoms with van der Waals surface area (Å²) in [6, 6.07) is 13.7. The molecule has 1 saturated heterocycles. The van der Waals surface area contributed by atoms with Gasteiger partial charge in [-0.2, -0.15) is 0 Å². The molecular weight excluding hydrogens is 366 g/mol. The quantitative estimate of drug-likeness (QED) is 0.552. The monoisotopic (exact) mass is 391 g/mol. The van der Waals surface area contributed by atoms with Gasteiger partial charge in [-0.05, 0) is 48.4 Å². The van der Waals surface area contributed by atoms with E-state index in [-0.39, 0.29) is 11.7 Å². The second-order valence-corrected chi connectivity index (χ2v) is 7.28. The third-order valence-corrected chi connectivity index (χ3v) is 5.45. The average molecular weight is 391 g/mol. The van der Waals surface area contributed by atoms with Crippen molar-refractivity contribution >= 4 is 5.78 Å². The molecule has 0 unspecified atom stereocenters. The Labute approximate surface area is 170 Å². The van der Waals surface area contributed by atoms with E-state index in [1.54, 1.807) is 26.7 Å². The number of rotatable bonds is 8. The predicted octanol–water partition coefficient (Wildman–Crippen LogP) is 3.25. The molecule has 0 amide bonds. The number of likely N-dealkylation sites (tertiary alicyclic amines) is 1. The number of benzene rings is 2. The molecule has 2 aromatic carbocycles. The van der Waals surface area contributed by atoms with Crippen LogP contribution in [0.25, 0.3) is 5.69 Å². The number of carbonyl (C=O) groups is 1. The van der Waals surface area contributed by atoms with Gasteiger partial charge in [-0.25, -0.2) is 4.98 Å². The van der Waals surface area contributed by atoms with Crippen LogP contribution in [0.5, 0.6) is 11.5 Å². The summed E-state index contributed by atoms with van der Waals surface area (Å²) in [5.74, 6) is 1.80. The van der Waals surface area contributed by atoms with Crippen molar-refractivity contribution < 1.29 is 14.3 Å². The number of imidazole rings is 1. The first-order chi connectivity index (χ1) is 14.2. The second kappa shape index (κ2) is 8.49. The Balaban J connectivity index is 1.28.